The summed E-state index contributed by atoms with van der Waals surface area (Å²) in [6, 6.07) is 13.1. The quantitative estimate of drug-likeness (QED) is 0.685. The van der Waals surface area contributed by atoms with Crippen LogP contribution in [-0.4, -0.2) is 0 Å². The summed E-state index contributed by atoms with van der Waals surface area (Å²) in [4.78, 5) is 0. The number of hydrogen-bond acceptors (Lipinski definition) is 0. The molecule has 0 fully saturated rings. The minimum Gasteiger partial charge on any atom is -0.0651 e. The average molecular weight is 197 g/mol. The van der Waals surface area contributed by atoms with E-state index in [-0.39, 0.29) is 0 Å². The van der Waals surface area contributed by atoms with Crippen LogP contribution in [0.5, 0.6) is 0 Å². The van der Waals surface area contributed by atoms with E-state index in [9.17, 15) is 0 Å². The minimum absolute atomic E-state index is 1.17. The lowest BCUT2D eigenvalue weighted by atomic mass is 9.95. The second kappa shape index (κ2) is 4.48. The van der Waals surface area contributed by atoms with Gasteiger partial charge < -0.3 is 0 Å². The van der Waals surface area contributed by atoms with Gasteiger partial charge in [0.15, 0.2) is 0 Å². The molecule has 0 heteroatoms. The highest BCUT2D eigenvalue weighted by Gasteiger charge is 2.04. The van der Waals surface area contributed by atoms with E-state index in [1.54, 1.807) is 0 Å². The maximum atomic E-state index is 2.27. The van der Waals surface area contributed by atoms with Crippen LogP contribution in [0.25, 0.3) is 10.8 Å². The summed E-state index contributed by atoms with van der Waals surface area (Å²) in [6.45, 7) is 4.36. The molecule has 2 aromatic carbocycles. The molecule has 0 heterocycles. The Morgan fingerprint density at radius 3 is 2.60 bits per heavy atom. The van der Waals surface area contributed by atoms with E-state index in [0.717, 1.165) is 0 Å². The van der Waals surface area contributed by atoms with Crippen LogP contribution in [0.3, 0.4) is 0 Å². The first-order valence-corrected chi connectivity index (χ1v) is 5.66. The molecular weight excluding hydrogens is 180 g/mol. The molecule has 0 N–H and O–H groups in total. The Hall–Kier alpha value is -1.30. The van der Waals surface area contributed by atoms with Gasteiger partial charge in [-0.3, -0.25) is 0 Å². The average Bonchev–Trinajstić information content (AvgIpc) is 2.29. The molecule has 0 amide bonds. The third-order valence-corrected chi connectivity index (χ3v) is 2.87. The van der Waals surface area contributed by atoms with E-state index in [1.807, 2.05) is 0 Å². The SMILES string of the molecule is C[CH]c1c(CCC)ccc2ccccc12. The molecule has 0 aliphatic rings. The fourth-order valence-electron chi connectivity index (χ4n) is 2.17. The van der Waals surface area contributed by atoms with Gasteiger partial charge in [0.2, 0.25) is 0 Å². The molecule has 77 valence electrons. The Bertz CT molecular complexity index is 455. The number of fused-ring (bicyclic) bond motifs is 1. The van der Waals surface area contributed by atoms with Crippen molar-refractivity contribution in [3.63, 3.8) is 0 Å². The zero-order valence-electron chi connectivity index (χ0n) is 9.46. The van der Waals surface area contributed by atoms with Gasteiger partial charge in [-0.1, -0.05) is 56.7 Å². The van der Waals surface area contributed by atoms with E-state index in [0.29, 0.717) is 0 Å². The van der Waals surface area contributed by atoms with Crippen LogP contribution in [0.1, 0.15) is 31.4 Å². The predicted molar refractivity (Wildman–Crippen MR) is 67.0 cm³/mol. The largest absolute Gasteiger partial charge is 0.0651 e. The smallest absolute Gasteiger partial charge is 0.0115 e. The molecule has 0 unspecified atom stereocenters. The molecule has 0 atom stereocenters. The molecule has 0 aliphatic heterocycles. The van der Waals surface area contributed by atoms with Crippen LogP contribution in [0, 0.1) is 6.42 Å². The molecule has 0 aromatic heterocycles. The van der Waals surface area contributed by atoms with Gasteiger partial charge >= 0.3 is 0 Å². The van der Waals surface area contributed by atoms with Gasteiger partial charge in [0.1, 0.15) is 0 Å². The maximum absolute atomic E-state index is 2.27. The van der Waals surface area contributed by atoms with Crippen molar-refractivity contribution in [3.8, 4) is 0 Å². The van der Waals surface area contributed by atoms with Gasteiger partial charge in [0.25, 0.3) is 0 Å². The molecule has 15 heavy (non-hydrogen) atoms. The van der Waals surface area contributed by atoms with E-state index in [2.05, 4.69) is 56.7 Å². The lowest BCUT2D eigenvalue weighted by molar-refractivity contribution is 0.917. The van der Waals surface area contributed by atoms with Crippen LogP contribution in [0.2, 0.25) is 0 Å². The van der Waals surface area contributed by atoms with Crippen LogP contribution >= 0.6 is 0 Å². The summed E-state index contributed by atoms with van der Waals surface area (Å²) < 4.78 is 0. The van der Waals surface area contributed by atoms with E-state index in [4.69, 9.17) is 0 Å². The van der Waals surface area contributed by atoms with Crippen molar-refractivity contribution in [2.45, 2.75) is 26.7 Å². The van der Waals surface area contributed by atoms with Crippen LogP contribution < -0.4 is 0 Å². The van der Waals surface area contributed by atoms with Gasteiger partial charge in [-0.15, -0.1) is 0 Å². The highest BCUT2D eigenvalue weighted by atomic mass is 14.1. The molecule has 0 spiro atoms. The van der Waals surface area contributed by atoms with E-state index < -0.39 is 0 Å². The fraction of sp³-hybridized carbons (Fsp3) is 0.267. The van der Waals surface area contributed by atoms with Crippen molar-refractivity contribution in [3.05, 3.63) is 53.9 Å². The molecule has 2 rings (SSSR count). The Morgan fingerprint density at radius 2 is 1.87 bits per heavy atom. The lowest BCUT2D eigenvalue weighted by Crippen LogP contribution is -1.92. The van der Waals surface area contributed by atoms with Crippen LogP contribution in [0.4, 0.5) is 0 Å². The maximum Gasteiger partial charge on any atom is -0.0115 e. The minimum atomic E-state index is 1.17. The van der Waals surface area contributed by atoms with Gasteiger partial charge in [-0.25, -0.2) is 0 Å². The second-order valence-electron chi connectivity index (χ2n) is 3.90. The molecule has 1 radical (unpaired) electrons. The summed E-state index contributed by atoms with van der Waals surface area (Å²) in [5.41, 5.74) is 2.88. The number of hydrogen-bond donors (Lipinski definition) is 0. The zero-order chi connectivity index (χ0) is 10.7. The summed E-state index contributed by atoms with van der Waals surface area (Å²) >= 11 is 0. The monoisotopic (exact) mass is 197 g/mol. The van der Waals surface area contributed by atoms with Crippen molar-refractivity contribution in [1.82, 2.24) is 0 Å². The Kier molecular flexibility index (Phi) is 3.05. The molecule has 0 saturated heterocycles. The molecule has 0 saturated carbocycles. The third kappa shape index (κ3) is 1.90. The third-order valence-electron chi connectivity index (χ3n) is 2.87. The summed E-state index contributed by atoms with van der Waals surface area (Å²) in [7, 11) is 0. The van der Waals surface area contributed by atoms with Crippen molar-refractivity contribution in [1.29, 1.82) is 0 Å². The van der Waals surface area contributed by atoms with Gasteiger partial charge in [-0.2, -0.15) is 0 Å². The van der Waals surface area contributed by atoms with Crippen LogP contribution in [0.15, 0.2) is 36.4 Å². The van der Waals surface area contributed by atoms with Crippen molar-refractivity contribution in [2.75, 3.05) is 0 Å². The summed E-state index contributed by atoms with van der Waals surface area (Å²) in [6.07, 6.45) is 4.61. The molecule has 0 bridgehead atoms. The van der Waals surface area contributed by atoms with Gasteiger partial charge in [0, 0.05) is 0 Å². The van der Waals surface area contributed by atoms with Gasteiger partial charge in [-0.05, 0) is 34.7 Å². The van der Waals surface area contributed by atoms with Gasteiger partial charge in [0.05, 0.1) is 0 Å². The second-order valence-corrected chi connectivity index (χ2v) is 3.90. The van der Waals surface area contributed by atoms with Crippen molar-refractivity contribution in [2.24, 2.45) is 0 Å². The first-order valence-electron chi connectivity index (χ1n) is 5.66. The number of benzene rings is 2. The van der Waals surface area contributed by atoms with Crippen LogP contribution in [-0.2, 0) is 6.42 Å². The number of rotatable bonds is 3. The number of aryl methyl sites for hydroxylation is 1. The Morgan fingerprint density at radius 1 is 1.07 bits per heavy atom. The van der Waals surface area contributed by atoms with Crippen molar-refractivity contribution >= 4 is 10.8 Å². The molecule has 2 aromatic rings. The van der Waals surface area contributed by atoms with E-state index in [1.165, 1.54) is 34.7 Å². The van der Waals surface area contributed by atoms with E-state index >= 15 is 0 Å². The highest BCUT2D eigenvalue weighted by molar-refractivity contribution is 5.87. The first-order chi connectivity index (χ1) is 7.36. The zero-order valence-corrected chi connectivity index (χ0v) is 9.46. The fourth-order valence-corrected chi connectivity index (χ4v) is 2.17. The molecule has 0 nitrogen and oxygen atoms in total. The predicted octanol–water partition coefficient (Wildman–Crippen LogP) is 4.36. The highest BCUT2D eigenvalue weighted by Crippen LogP contribution is 2.24. The molecule has 0 aliphatic carbocycles. The summed E-state index contributed by atoms with van der Waals surface area (Å²) in [5, 5.41) is 2.72. The Balaban J connectivity index is 2.64. The Labute approximate surface area is 91.9 Å². The summed E-state index contributed by atoms with van der Waals surface area (Å²) in [5.74, 6) is 0. The normalized spacial score (nSPS) is 10.8. The topological polar surface area (TPSA) is 0 Å². The lowest BCUT2D eigenvalue weighted by Gasteiger charge is -2.10. The standard InChI is InChI=1S/C15H17/c1-3-7-12-10-11-13-8-5-6-9-15(13)14(12)4-2/h4-6,8-11H,3,7H2,1-2H3. The first kappa shape index (κ1) is 10.2. The van der Waals surface area contributed by atoms with Crippen molar-refractivity contribution < 1.29 is 0 Å². The molecular formula is C15H17.